The van der Waals surface area contributed by atoms with E-state index in [4.69, 9.17) is 12.2 Å². The number of likely N-dealkylation sites (N-methyl/N-ethyl adjacent to an activating group) is 2. The molecule has 0 radical (unpaired) electrons. The molecule has 0 heterocycles. The third-order valence-corrected chi connectivity index (χ3v) is 2.35. The Morgan fingerprint density at radius 1 is 1.21 bits per heavy atom. The number of hydrogen-bond acceptors (Lipinski definition) is 2. The summed E-state index contributed by atoms with van der Waals surface area (Å²) in [4.78, 5) is 4.24. The van der Waals surface area contributed by atoms with E-state index >= 15 is 0 Å². The molecule has 84 valence electrons. The molecule has 3 nitrogen and oxygen atoms in total. The largest absolute Gasteiger partial charge is 0.362 e. The smallest absolute Gasteiger partial charge is 0.168 e. The van der Waals surface area contributed by atoms with Crippen LogP contribution < -0.4 is 5.32 Å². The highest BCUT2D eigenvalue weighted by atomic mass is 32.1. The topological polar surface area (TPSA) is 18.5 Å². The van der Waals surface area contributed by atoms with Crippen molar-refractivity contribution in [3.05, 3.63) is 0 Å². The Labute approximate surface area is 93.5 Å². The first-order valence-corrected chi connectivity index (χ1v) is 5.48. The van der Waals surface area contributed by atoms with Crippen LogP contribution in [0.4, 0.5) is 0 Å². The minimum atomic E-state index is 0.634. The molecular formula is C10H23N3S. The van der Waals surface area contributed by atoms with E-state index in [1.165, 1.54) is 0 Å². The maximum atomic E-state index is 5.24. The molecule has 0 aromatic carbocycles. The van der Waals surface area contributed by atoms with Gasteiger partial charge in [-0.1, -0.05) is 13.8 Å². The fourth-order valence-electron chi connectivity index (χ4n) is 0.878. The zero-order valence-corrected chi connectivity index (χ0v) is 10.8. The van der Waals surface area contributed by atoms with Crippen LogP contribution in [0.1, 0.15) is 13.8 Å². The van der Waals surface area contributed by atoms with E-state index < -0.39 is 0 Å². The van der Waals surface area contributed by atoms with E-state index in [0.29, 0.717) is 5.92 Å². The lowest BCUT2D eigenvalue weighted by Crippen LogP contribution is -2.41. The van der Waals surface area contributed by atoms with Crippen LogP contribution in [0.2, 0.25) is 0 Å². The molecular weight excluding hydrogens is 194 g/mol. The first-order chi connectivity index (χ1) is 6.43. The Kier molecular flexibility index (Phi) is 6.83. The highest BCUT2D eigenvalue weighted by molar-refractivity contribution is 7.80. The van der Waals surface area contributed by atoms with Crippen molar-refractivity contribution >= 4 is 17.3 Å². The third-order valence-electron chi connectivity index (χ3n) is 1.89. The van der Waals surface area contributed by atoms with Gasteiger partial charge in [0.1, 0.15) is 0 Å². The molecule has 0 saturated carbocycles. The Balaban J connectivity index is 3.65. The van der Waals surface area contributed by atoms with E-state index in [-0.39, 0.29) is 0 Å². The fraction of sp³-hybridized carbons (Fsp3) is 0.900. The van der Waals surface area contributed by atoms with Crippen LogP contribution in [-0.2, 0) is 0 Å². The van der Waals surface area contributed by atoms with E-state index in [2.05, 4.69) is 43.1 Å². The summed E-state index contributed by atoms with van der Waals surface area (Å²) in [7, 11) is 6.16. The summed E-state index contributed by atoms with van der Waals surface area (Å²) in [5.74, 6) is 0.634. The van der Waals surface area contributed by atoms with Crippen LogP contribution >= 0.6 is 12.2 Å². The summed E-state index contributed by atoms with van der Waals surface area (Å²) in [5.41, 5.74) is 0. The van der Waals surface area contributed by atoms with Crippen LogP contribution in [0.3, 0.4) is 0 Å². The average Bonchev–Trinajstić information content (AvgIpc) is 2.09. The molecule has 0 aliphatic rings. The summed E-state index contributed by atoms with van der Waals surface area (Å²) in [6, 6.07) is 0. The summed E-state index contributed by atoms with van der Waals surface area (Å²) >= 11 is 5.24. The summed E-state index contributed by atoms with van der Waals surface area (Å²) in [6.07, 6.45) is 0. The predicted molar refractivity (Wildman–Crippen MR) is 66.6 cm³/mol. The van der Waals surface area contributed by atoms with Gasteiger partial charge in [-0.05, 0) is 32.2 Å². The zero-order chi connectivity index (χ0) is 11.1. The molecule has 0 bridgehead atoms. The maximum absolute atomic E-state index is 5.24. The van der Waals surface area contributed by atoms with Crippen LogP contribution in [-0.4, -0.2) is 55.7 Å². The second kappa shape index (κ2) is 7.01. The highest BCUT2D eigenvalue weighted by Crippen LogP contribution is 1.90. The van der Waals surface area contributed by atoms with Gasteiger partial charge in [0, 0.05) is 26.7 Å². The normalized spacial score (nSPS) is 10.8. The van der Waals surface area contributed by atoms with Gasteiger partial charge in [0.25, 0.3) is 0 Å². The van der Waals surface area contributed by atoms with E-state index in [1.807, 2.05) is 7.05 Å². The Morgan fingerprint density at radius 2 is 1.79 bits per heavy atom. The minimum Gasteiger partial charge on any atom is -0.362 e. The van der Waals surface area contributed by atoms with Crippen molar-refractivity contribution < 1.29 is 0 Å². The Morgan fingerprint density at radius 3 is 2.21 bits per heavy atom. The number of nitrogens with zero attached hydrogens (tertiary/aromatic N) is 2. The van der Waals surface area contributed by atoms with Gasteiger partial charge in [0.2, 0.25) is 0 Å². The number of thiocarbonyl (C=S) groups is 1. The molecule has 0 fully saturated rings. The molecule has 0 aliphatic heterocycles. The number of nitrogens with one attached hydrogen (secondary N) is 1. The molecule has 4 heteroatoms. The molecule has 0 spiro atoms. The third kappa shape index (κ3) is 7.09. The first-order valence-electron chi connectivity index (χ1n) is 5.07. The van der Waals surface area contributed by atoms with E-state index in [9.17, 15) is 0 Å². The van der Waals surface area contributed by atoms with Crippen molar-refractivity contribution in [1.82, 2.24) is 15.1 Å². The van der Waals surface area contributed by atoms with E-state index in [0.717, 1.165) is 24.7 Å². The van der Waals surface area contributed by atoms with E-state index in [1.54, 1.807) is 0 Å². The lowest BCUT2D eigenvalue weighted by molar-refractivity contribution is 0.354. The van der Waals surface area contributed by atoms with Crippen LogP contribution in [0.25, 0.3) is 0 Å². The van der Waals surface area contributed by atoms with Gasteiger partial charge in [0.05, 0.1) is 0 Å². The average molecular weight is 217 g/mol. The standard InChI is InChI=1S/C10H23N3S/c1-9(2)8-11-10(14)13(5)7-6-12(3)4/h9H,6-8H2,1-5H3,(H,11,14). The van der Waals surface area contributed by atoms with Gasteiger partial charge in [-0.15, -0.1) is 0 Å². The SMILES string of the molecule is CC(C)CNC(=S)N(C)CCN(C)C. The molecule has 0 amide bonds. The molecule has 1 N–H and O–H groups in total. The van der Waals surface area contributed by atoms with Gasteiger partial charge in [0.15, 0.2) is 5.11 Å². The first kappa shape index (κ1) is 13.7. The molecule has 14 heavy (non-hydrogen) atoms. The van der Waals surface area contributed by atoms with Crippen molar-refractivity contribution in [2.24, 2.45) is 5.92 Å². The molecule has 0 atom stereocenters. The van der Waals surface area contributed by atoms with Crippen LogP contribution in [0.15, 0.2) is 0 Å². The molecule has 0 rings (SSSR count). The molecule has 0 aromatic rings. The lowest BCUT2D eigenvalue weighted by atomic mass is 10.2. The van der Waals surface area contributed by atoms with Gasteiger partial charge >= 0.3 is 0 Å². The Hall–Kier alpha value is -0.350. The quantitative estimate of drug-likeness (QED) is 0.693. The molecule has 0 aromatic heterocycles. The van der Waals surface area contributed by atoms with Crippen molar-refractivity contribution in [3.8, 4) is 0 Å². The summed E-state index contributed by atoms with van der Waals surface area (Å²) in [6.45, 7) is 7.30. The summed E-state index contributed by atoms with van der Waals surface area (Å²) in [5, 5.41) is 4.09. The lowest BCUT2D eigenvalue weighted by Gasteiger charge is -2.23. The molecule has 0 aliphatic carbocycles. The Bertz CT molecular complexity index is 169. The van der Waals surface area contributed by atoms with Crippen molar-refractivity contribution in [2.45, 2.75) is 13.8 Å². The number of hydrogen-bond donors (Lipinski definition) is 1. The maximum Gasteiger partial charge on any atom is 0.168 e. The van der Waals surface area contributed by atoms with Crippen LogP contribution in [0.5, 0.6) is 0 Å². The van der Waals surface area contributed by atoms with Gasteiger partial charge in [-0.25, -0.2) is 0 Å². The summed E-state index contributed by atoms with van der Waals surface area (Å²) < 4.78 is 0. The molecule has 0 saturated heterocycles. The minimum absolute atomic E-state index is 0.634. The zero-order valence-electron chi connectivity index (χ0n) is 10.0. The predicted octanol–water partition coefficient (Wildman–Crippen LogP) is 1.01. The van der Waals surface area contributed by atoms with Crippen LogP contribution in [0, 0.1) is 5.92 Å². The number of rotatable bonds is 5. The van der Waals surface area contributed by atoms with Crippen molar-refractivity contribution in [1.29, 1.82) is 0 Å². The monoisotopic (exact) mass is 217 g/mol. The second-order valence-electron chi connectivity index (χ2n) is 4.30. The van der Waals surface area contributed by atoms with Gasteiger partial charge < -0.3 is 15.1 Å². The van der Waals surface area contributed by atoms with Crippen molar-refractivity contribution in [3.63, 3.8) is 0 Å². The highest BCUT2D eigenvalue weighted by Gasteiger charge is 2.04. The molecule has 0 unspecified atom stereocenters. The van der Waals surface area contributed by atoms with Gasteiger partial charge in [-0.2, -0.15) is 0 Å². The van der Waals surface area contributed by atoms with Crippen molar-refractivity contribution in [2.75, 3.05) is 40.8 Å². The second-order valence-corrected chi connectivity index (χ2v) is 4.69. The van der Waals surface area contributed by atoms with Gasteiger partial charge in [-0.3, -0.25) is 0 Å². The fourth-order valence-corrected chi connectivity index (χ4v) is 1.05.